The normalized spacial score (nSPS) is 18.6. The van der Waals surface area contributed by atoms with Crippen LogP contribution in [0.2, 0.25) is 0 Å². The largest absolute Gasteiger partial charge is 0.491 e. The maximum atomic E-state index is 13.8. The quantitative estimate of drug-likeness (QED) is 0.638. The molecule has 1 aromatic carbocycles. The number of rotatable bonds is 8. The number of imide groups is 1. The molecule has 154 valence electrons. The first-order valence-corrected chi connectivity index (χ1v) is 10.3. The van der Waals surface area contributed by atoms with E-state index in [1.807, 2.05) is 6.92 Å². The fourth-order valence-electron chi connectivity index (χ4n) is 3.79. The maximum absolute atomic E-state index is 13.8. The number of hydrogen-bond acceptors (Lipinski definition) is 5. The van der Waals surface area contributed by atoms with Gasteiger partial charge in [0.15, 0.2) is 0 Å². The SMILES string of the molecule is CCCOc1ccc(F)cc1N1CCN(CCCN2C(=O)CCCC2=O)CC1. The zero-order valence-corrected chi connectivity index (χ0v) is 16.7. The Hall–Kier alpha value is -2.15. The molecule has 2 amide bonds. The predicted molar refractivity (Wildman–Crippen MR) is 106 cm³/mol. The van der Waals surface area contributed by atoms with Gasteiger partial charge in [0.05, 0.1) is 12.3 Å². The first kappa shape index (κ1) is 20.6. The zero-order valence-electron chi connectivity index (χ0n) is 16.7. The Morgan fingerprint density at radius 1 is 1.04 bits per heavy atom. The molecule has 6 nitrogen and oxygen atoms in total. The van der Waals surface area contributed by atoms with Crippen LogP contribution in [0.15, 0.2) is 18.2 Å². The Morgan fingerprint density at radius 2 is 1.75 bits per heavy atom. The molecule has 2 fully saturated rings. The minimum Gasteiger partial charge on any atom is -0.491 e. The van der Waals surface area contributed by atoms with Gasteiger partial charge in [-0.3, -0.25) is 19.4 Å². The van der Waals surface area contributed by atoms with Crippen LogP contribution < -0.4 is 9.64 Å². The number of amides is 2. The van der Waals surface area contributed by atoms with Gasteiger partial charge >= 0.3 is 0 Å². The van der Waals surface area contributed by atoms with Gasteiger partial charge in [-0.25, -0.2) is 4.39 Å². The lowest BCUT2D eigenvalue weighted by molar-refractivity contribution is -0.148. The first-order chi connectivity index (χ1) is 13.6. The maximum Gasteiger partial charge on any atom is 0.229 e. The van der Waals surface area contributed by atoms with E-state index in [9.17, 15) is 14.0 Å². The van der Waals surface area contributed by atoms with Crippen molar-refractivity contribution in [3.05, 3.63) is 24.0 Å². The van der Waals surface area contributed by atoms with E-state index in [2.05, 4.69) is 9.80 Å². The fourth-order valence-corrected chi connectivity index (χ4v) is 3.79. The highest BCUT2D eigenvalue weighted by Gasteiger charge is 2.26. The van der Waals surface area contributed by atoms with Crippen LogP contribution >= 0.6 is 0 Å². The lowest BCUT2D eigenvalue weighted by Gasteiger charge is -2.37. The molecule has 0 aromatic heterocycles. The van der Waals surface area contributed by atoms with E-state index in [0.717, 1.165) is 57.0 Å². The summed E-state index contributed by atoms with van der Waals surface area (Å²) < 4.78 is 19.5. The average Bonchev–Trinajstić information content (AvgIpc) is 2.70. The van der Waals surface area contributed by atoms with Gasteiger partial charge in [0.2, 0.25) is 11.8 Å². The van der Waals surface area contributed by atoms with Crippen molar-refractivity contribution in [1.29, 1.82) is 0 Å². The third kappa shape index (κ3) is 5.22. The van der Waals surface area contributed by atoms with Gasteiger partial charge in [-0.15, -0.1) is 0 Å². The molecule has 0 spiro atoms. The number of hydrogen-bond donors (Lipinski definition) is 0. The van der Waals surface area contributed by atoms with E-state index >= 15 is 0 Å². The summed E-state index contributed by atoms with van der Waals surface area (Å²) in [6.07, 6.45) is 3.36. The van der Waals surface area contributed by atoms with Crippen molar-refractivity contribution in [1.82, 2.24) is 9.80 Å². The molecule has 0 saturated carbocycles. The van der Waals surface area contributed by atoms with Crippen molar-refractivity contribution in [2.45, 2.75) is 39.0 Å². The van der Waals surface area contributed by atoms with E-state index < -0.39 is 0 Å². The third-order valence-electron chi connectivity index (χ3n) is 5.34. The van der Waals surface area contributed by atoms with Crippen LogP contribution in [0.25, 0.3) is 0 Å². The van der Waals surface area contributed by atoms with Crippen molar-refractivity contribution in [3.63, 3.8) is 0 Å². The Labute approximate surface area is 166 Å². The van der Waals surface area contributed by atoms with Crippen molar-refractivity contribution >= 4 is 17.5 Å². The highest BCUT2D eigenvalue weighted by molar-refractivity contribution is 5.97. The van der Waals surface area contributed by atoms with Crippen LogP contribution in [0.5, 0.6) is 5.75 Å². The van der Waals surface area contributed by atoms with E-state index in [4.69, 9.17) is 4.74 Å². The van der Waals surface area contributed by atoms with Crippen molar-refractivity contribution in [2.75, 3.05) is 50.8 Å². The minimum atomic E-state index is -0.253. The molecule has 2 aliphatic rings. The summed E-state index contributed by atoms with van der Waals surface area (Å²) in [7, 11) is 0. The first-order valence-electron chi connectivity index (χ1n) is 10.3. The second kappa shape index (κ2) is 9.87. The molecule has 2 aliphatic heterocycles. The number of nitrogens with zero attached hydrogens (tertiary/aromatic N) is 3. The summed E-state index contributed by atoms with van der Waals surface area (Å²) in [4.78, 5) is 29.7. The van der Waals surface area contributed by atoms with Crippen molar-refractivity contribution < 1.29 is 18.7 Å². The lowest BCUT2D eigenvalue weighted by Crippen LogP contribution is -2.47. The molecule has 7 heteroatoms. The van der Waals surface area contributed by atoms with Crippen LogP contribution in [0.1, 0.15) is 39.0 Å². The molecule has 28 heavy (non-hydrogen) atoms. The summed E-state index contributed by atoms with van der Waals surface area (Å²) in [5.74, 6) is 0.412. The number of carbonyl (C=O) groups excluding carboxylic acids is 2. The van der Waals surface area contributed by atoms with Crippen LogP contribution in [0.4, 0.5) is 10.1 Å². The smallest absolute Gasteiger partial charge is 0.229 e. The second-order valence-corrected chi connectivity index (χ2v) is 7.44. The number of benzene rings is 1. The molecule has 0 N–H and O–H groups in total. The number of piperidine rings is 1. The third-order valence-corrected chi connectivity index (χ3v) is 5.34. The van der Waals surface area contributed by atoms with Gasteiger partial charge in [-0.1, -0.05) is 6.92 Å². The Balaban J connectivity index is 1.47. The van der Waals surface area contributed by atoms with Gasteiger partial charge in [0, 0.05) is 51.6 Å². The molecule has 0 bridgehead atoms. The topological polar surface area (TPSA) is 53.1 Å². The Morgan fingerprint density at radius 3 is 2.43 bits per heavy atom. The lowest BCUT2D eigenvalue weighted by atomic mass is 10.1. The summed E-state index contributed by atoms with van der Waals surface area (Å²) >= 11 is 0. The molecule has 3 rings (SSSR count). The van der Waals surface area contributed by atoms with Crippen LogP contribution in [0, 0.1) is 5.82 Å². The molecule has 0 radical (unpaired) electrons. The molecule has 0 aliphatic carbocycles. The summed E-state index contributed by atoms with van der Waals surface area (Å²) in [6.45, 7) is 7.36. The van der Waals surface area contributed by atoms with Crippen molar-refractivity contribution in [2.24, 2.45) is 0 Å². The molecule has 2 saturated heterocycles. The van der Waals surface area contributed by atoms with Crippen LogP contribution in [0.3, 0.4) is 0 Å². The minimum absolute atomic E-state index is 0.0354. The number of likely N-dealkylation sites (tertiary alicyclic amines) is 1. The van der Waals surface area contributed by atoms with Gasteiger partial charge in [-0.05, 0) is 37.9 Å². The number of carbonyl (C=O) groups is 2. The van der Waals surface area contributed by atoms with Crippen LogP contribution in [-0.2, 0) is 9.59 Å². The predicted octanol–water partition coefficient (Wildman–Crippen LogP) is 2.67. The summed E-state index contributed by atoms with van der Waals surface area (Å²) in [5.41, 5.74) is 0.817. The molecular weight excluding hydrogens is 361 g/mol. The second-order valence-electron chi connectivity index (χ2n) is 7.44. The molecule has 0 atom stereocenters. The summed E-state index contributed by atoms with van der Waals surface area (Å²) in [5, 5.41) is 0. The highest BCUT2D eigenvalue weighted by atomic mass is 19.1. The fraction of sp³-hybridized carbons (Fsp3) is 0.619. The van der Waals surface area contributed by atoms with Gasteiger partial charge in [-0.2, -0.15) is 0 Å². The number of halogens is 1. The van der Waals surface area contributed by atoms with Gasteiger partial charge < -0.3 is 9.64 Å². The standard InChI is InChI=1S/C21H30FN3O3/c1-2-15-28-19-8-7-17(22)16-18(19)24-13-11-23(12-14-24)9-4-10-25-20(26)5-3-6-21(25)27/h7-8,16H,2-6,9-15H2,1H3. The van der Waals surface area contributed by atoms with Gasteiger partial charge in [0.25, 0.3) is 0 Å². The molecule has 1 aromatic rings. The monoisotopic (exact) mass is 391 g/mol. The van der Waals surface area contributed by atoms with E-state index in [1.54, 1.807) is 12.1 Å². The Kier molecular flexibility index (Phi) is 7.25. The van der Waals surface area contributed by atoms with E-state index in [1.165, 1.54) is 11.0 Å². The number of piperazine rings is 1. The Bertz CT molecular complexity index is 673. The van der Waals surface area contributed by atoms with Crippen molar-refractivity contribution in [3.8, 4) is 5.75 Å². The number of anilines is 1. The van der Waals surface area contributed by atoms with E-state index in [-0.39, 0.29) is 17.6 Å². The molecule has 0 unspecified atom stereocenters. The highest BCUT2D eigenvalue weighted by Crippen LogP contribution is 2.30. The average molecular weight is 391 g/mol. The number of ether oxygens (including phenoxy) is 1. The van der Waals surface area contributed by atoms with E-state index in [0.29, 0.717) is 32.4 Å². The van der Waals surface area contributed by atoms with Gasteiger partial charge in [0.1, 0.15) is 11.6 Å². The summed E-state index contributed by atoms with van der Waals surface area (Å²) in [6, 6.07) is 4.70. The molecular formula is C21H30FN3O3. The van der Waals surface area contributed by atoms with Crippen LogP contribution in [-0.4, -0.2) is 67.5 Å². The molecule has 2 heterocycles. The zero-order chi connectivity index (χ0) is 19.9.